The molecule has 1 aromatic carbocycles. The van der Waals surface area contributed by atoms with Crippen molar-refractivity contribution in [2.75, 3.05) is 32.8 Å². The molecule has 2 rings (SSSR count). The third-order valence-electron chi connectivity index (χ3n) is 3.84. The van der Waals surface area contributed by atoms with Gasteiger partial charge in [-0.1, -0.05) is 29.3 Å². The van der Waals surface area contributed by atoms with Crippen molar-refractivity contribution in [2.45, 2.75) is 32.2 Å². The second kappa shape index (κ2) is 8.65. The quantitative estimate of drug-likeness (QED) is 0.824. The smallest absolute Gasteiger partial charge is 0.119 e. The first-order chi connectivity index (χ1) is 9.79. The lowest BCUT2D eigenvalue weighted by molar-refractivity contribution is 0.122. The summed E-state index contributed by atoms with van der Waals surface area (Å²) in [5, 5.41) is 3.47. The van der Waals surface area contributed by atoms with Crippen molar-refractivity contribution in [3.05, 3.63) is 28.7 Å². The van der Waals surface area contributed by atoms with Gasteiger partial charge >= 0.3 is 0 Å². The van der Waals surface area contributed by atoms with E-state index < -0.39 is 0 Å². The highest BCUT2D eigenvalue weighted by Gasteiger charge is 2.21. The predicted octanol–water partition coefficient (Wildman–Crippen LogP) is 3.29. The number of nitrogens with one attached hydrogen (secondary N) is 1. The Balaban J connectivity index is 1.74. The zero-order chi connectivity index (χ0) is 14.2. The van der Waals surface area contributed by atoms with Gasteiger partial charge < -0.3 is 10.1 Å². The minimum absolute atomic E-state index is 0.678. The Bertz CT molecular complexity index is 383. The molecule has 112 valence electrons. The highest BCUT2D eigenvalue weighted by molar-refractivity contribution is 9.10. The summed E-state index contributed by atoms with van der Waals surface area (Å²) in [5.74, 6) is 0.952. The van der Waals surface area contributed by atoms with E-state index in [2.05, 4.69) is 33.1 Å². The lowest BCUT2D eigenvalue weighted by atomic mass is 10.0. The summed E-state index contributed by atoms with van der Waals surface area (Å²) in [6.07, 6.45) is 3.99. The summed E-state index contributed by atoms with van der Waals surface area (Å²) >= 11 is 3.44. The van der Waals surface area contributed by atoms with E-state index in [-0.39, 0.29) is 0 Å². The van der Waals surface area contributed by atoms with Crippen LogP contribution in [0.1, 0.15) is 26.2 Å². The van der Waals surface area contributed by atoms with Crippen LogP contribution in [-0.4, -0.2) is 43.7 Å². The first-order valence-electron chi connectivity index (χ1n) is 7.62. The number of hydrogen-bond acceptors (Lipinski definition) is 3. The first kappa shape index (κ1) is 15.8. The highest BCUT2D eigenvalue weighted by Crippen LogP contribution is 2.18. The van der Waals surface area contributed by atoms with E-state index >= 15 is 0 Å². The van der Waals surface area contributed by atoms with Gasteiger partial charge in [0, 0.05) is 23.6 Å². The molecule has 1 unspecified atom stereocenters. The largest absolute Gasteiger partial charge is 0.492 e. The van der Waals surface area contributed by atoms with Crippen molar-refractivity contribution >= 4 is 15.9 Å². The molecule has 0 aliphatic carbocycles. The van der Waals surface area contributed by atoms with E-state index in [1.165, 1.54) is 25.8 Å². The molecule has 1 aliphatic rings. The highest BCUT2D eigenvalue weighted by atomic mass is 79.9. The summed E-state index contributed by atoms with van der Waals surface area (Å²) in [7, 11) is 0. The molecule has 1 N–H and O–H groups in total. The summed E-state index contributed by atoms with van der Waals surface area (Å²) in [6.45, 7) is 7.33. The number of rotatable bonds is 7. The van der Waals surface area contributed by atoms with Crippen LogP contribution in [0.2, 0.25) is 0 Å². The lowest BCUT2D eigenvalue weighted by Crippen LogP contribution is -2.46. The Morgan fingerprint density at radius 1 is 1.30 bits per heavy atom. The molecule has 1 aromatic rings. The van der Waals surface area contributed by atoms with E-state index in [0.717, 1.165) is 36.5 Å². The van der Waals surface area contributed by atoms with Crippen LogP contribution in [0.25, 0.3) is 0 Å². The average molecular weight is 341 g/mol. The fourth-order valence-electron chi connectivity index (χ4n) is 2.71. The van der Waals surface area contributed by atoms with Gasteiger partial charge in [-0.15, -0.1) is 0 Å². The molecule has 1 aliphatic heterocycles. The summed E-state index contributed by atoms with van der Waals surface area (Å²) in [5.41, 5.74) is 0. The van der Waals surface area contributed by atoms with Gasteiger partial charge in [-0.3, -0.25) is 4.90 Å². The van der Waals surface area contributed by atoms with Crippen molar-refractivity contribution < 1.29 is 4.74 Å². The second-order valence-corrected chi connectivity index (χ2v) is 6.21. The van der Waals surface area contributed by atoms with E-state index in [1.54, 1.807) is 0 Å². The number of likely N-dealkylation sites (tertiary alicyclic amines) is 1. The molecule has 1 fully saturated rings. The molecule has 4 heteroatoms. The molecular formula is C16H25BrN2O. The van der Waals surface area contributed by atoms with Crippen LogP contribution in [0.15, 0.2) is 28.7 Å². The summed E-state index contributed by atoms with van der Waals surface area (Å²) in [4.78, 5) is 2.57. The minimum atomic E-state index is 0.678. The molecule has 0 aromatic heterocycles. The second-order valence-electron chi connectivity index (χ2n) is 5.30. The summed E-state index contributed by atoms with van der Waals surface area (Å²) < 4.78 is 6.92. The maximum atomic E-state index is 5.83. The van der Waals surface area contributed by atoms with Crippen molar-refractivity contribution in [1.82, 2.24) is 10.2 Å². The molecule has 0 amide bonds. The van der Waals surface area contributed by atoms with Gasteiger partial charge in [0.2, 0.25) is 0 Å². The molecule has 3 nitrogen and oxygen atoms in total. The molecular weight excluding hydrogens is 316 g/mol. The van der Waals surface area contributed by atoms with Gasteiger partial charge in [0.15, 0.2) is 0 Å². The van der Waals surface area contributed by atoms with Crippen molar-refractivity contribution in [2.24, 2.45) is 0 Å². The zero-order valence-electron chi connectivity index (χ0n) is 12.3. The van der Waals surface area contributed by atoms with Gasteiger partial charge in [0.25, 0.3) is 0 Å². The normalized spacial score (nSPS) is 20.0. The standard InChI is InChI=1S/C16H25BrN2O/c1-2-18-13-15-5-3-4-10-19(15)11-12-20-16-8-6-14(17)7-9-16/h6-9,15,18H,2-5,10-13H2,1H3. The van der Waals surface area contributed by atoms with Crippen molar-refractivity contribution in [1.29, 1.82) is 0 Å². The number of halogens is 1. The fourth-order valence-corrected chi connectivity index (χ4v) is 2.97. The fraction of sp³-hybridized carbons (Fsp3) is 0.625. The van der Waals surface area contributed by atoms with Gasteiger partial charge in [-0.05, 0) is 50.2 Å². The molecule has 0 saturated carbocycles. The number of likely N-dealkylation sites (N-methyl/N-ethyl adjacent to an activating group) is 1. The van der Waals surface area contributed by atoms with Crippen LogP contribution in [0.4, 0.5) is 0 Å². The van der Waals surface area contributed by atoms with E-state index in [9.17, 15) is 0 Å². The Hall–Kier alpha value is -0.580. The zero-order valence-corrected chi connectivity index (χ0v) is 13.9. The molecule has 1 atom stereocenters. The molecule has 0 radical (unpaired) electrons. The van der Waals surface area contributed by atoms with Crippen LogP contribution >= 0.6 is 15.9 Å². The number of piperidine rings is 1. The minimum Gasteiger partial charge on any atom is -0.492 e. The van der Waals surface area contributed by atoms with E-state index in [1.807, 2.05) is 24.3 Å². The number of benzene rings is 1. The van der Waals surface area contributed by atoms with E-state index in [4.69, 9.17) is 4.74 Å². The van der Waals surface area contributed by atoms with Crippen LogP contribution in [-0.2, 0) is 0 Å². The summed E-state index contributed by atoms with van der Waals surface area (Å²) in [6, 6.07) is 8.73. The lowest BCUT2D eigenvalue weighted by Gasteiger charge is -2.35. The molecule has 0 bridgehead atoms. The first-order valence-corrected chi connectivity index (χ1v) is 8.42. The number of hydrogen-bond donors (Lipinski definition) is 1. The topological polar surface area (TPSA) is 24.5 Å². The van der Waals surface area contributed by atoms with Crippen LogP contribution in [0.3, 0.4) is 0 Å². The molecule has 1 saturated heterocycles. The Kier molecular flexibility index (Phi) is 6.83. The predicted molar refractivity (Wildman–Crippen MR) is 87.4 cm³/mol. The maximum Gasteiger partial charge on any atom is 0.119 e. The van der Waals surface area contributed by atoms with Crippen molar-refractivity contribution in [3.8, 4) is 5.75 Å². The monoisotopic (exact) mass is 340 g/mol. The van der Waals surface area contributed by atoms with Crippen LogP contribution in [0, 0.1) is 0 Å². The third-order valence-corrected chi connectivity index (χ3v) is 4.37. The SMILES string of the molecule is CCNCC1CCCCN1CCOc1ccc(Br)cc1. The van der Waals surface area contributed by atoms with Crippen LogP contribution in [0.5, 0.6) is 5.75 Å². The van der Waals surface area contributed by atoms with Crippen molar-refractivity contribution in [3.63, 3.8) is 0 Å². The van der Waals surface area contributed by atoms with Gasteiger partial charge in [0.05, 0.1) is 0 Å². The number of ether oxygens (including phenoxy) is 1. The van der Waals surface area contributed by atoms with Gasteiger partial charge in [-0.25, -0.2) is 0 Å². The average Bonchev–Trinajstić information content (AvgIpc) is 2.48. The Morgan fingerprint density at radius 2 is 2.10 bits per heavy atom. The Labute approximate surface area is 130 Å². The number of nitrogens with zero attached hydrogens (tertiary/aromatic N) is 1. The Morgan fingerprint density at radius 3 is 2.85 bits per heavy atom. The molecule has 1 heterocycles. The van der Waals surface area contributed by atoms with Gasteiger partial charge in [-0.2, -0.15) is 0 Å². The van der Waals surface area contributed by atoms with Crippen LogP contribution < -0.4 is 10.1 Å². The van der Waals surface area contributed by atoms with Gasteiger partial charge in [0.1, 0.15) is 12.4 Å². The molecule has 0 spiro atoms. The maximum absolute atomic E-state index is 5.83. The molecule has 20 heavy (non-hydrogen) atoms. The third kappa shape index (κ3) is 5.08. The van der Waals surface area contributed by atoms with E-state index in [0.29, 0.717) is 6.04 Å².